The SMILES string of the molecule is CCC(c1ccc2ccccc2c1)N(C)C(CC)N1CCc2cc(C)c(C)cc2C1. The zero-order valence-corrected chi connectivity index (χ0v) is 19.3. The summed E-state index contributed by atoms with van der Waals surface area (Å²) in [5, 5.41) is 2.66. The van der Waals surface area contributed by atoms with Gasteiger partial charge in [-0.3, -0.25) is 9.80 Å². The first-order chi connectivity index (χ1) is 14.5. The molecule has 0 fully saturated rings. The molecule has 30 heavy (non-hydrogen) atoms. The molecule has 1 aliphatic rings. The molecule has 2 heteroatoms. The minimum absolute atomic E-state index is 0.431. The number of nitrogens with zero attached hydrogens (tertiary/aromatic N) is 2. The number of fused-ring (bicyclic) bond motifs is 2. The van der Waals surface area contributed by atoms with Crippen molar-refractivity contribution in [2.45, 2.75) is 65.7 Å². The van der Waals surface area contributed by atoms with Crippen LogP contribution in [0.5, 0.6) is 0 Å². The van der Waals surface area contributed by atoms with E-state index < -0.39 is 0 Å². The molecule has 0 bridgehead atoms. The average molecular weight is 401 g/mol. The fourth-order valence-corrected chi connectivity index (χ4v) is 5.32. The van der Waals surface area contributed by atoms with Gasteiger partial charge in [-0.1, -0.05) is 62.4 Å². The number of aryl methyl sites for hydroxylation is 2. The molecule has 3 aromatic rings. The predicted molar refractivity (Wildman–Crippen MR) is 129 cm³/mol. The van der Waals surface area contributed by atoms with Gasteiger partial charge in [-0.15, -0.1) is 0 Å². The van der Waals surface area contributed by atoms with Gasteiger partial charge in [-0.05, 0) is 84.8 Å². The molecular weight excluding hydrogens is 364 g/mol. The molecule has 0 radical (unpaired) electrons. The molecule has 158 valence electrons. The molecule has 3 aromatic carbocycles. The molecule has 1 aliphatic heterocycles. The maximum Gasteiger partial charge on any atom is 0.0625 e. The van der Waals surface area contributed by atoms with Crippen molar-refractivity contribution in [3.63, 3.8) is 0 Å². The summed E-state index contributed by atoms with van der Waals surface area (Å²) >= 11 is 0. The van der Waals surface area contributed by atoms with Gasteiger partial charge in [0.2, 0.25) is 0 Å². The lowest BCUT2D eigenvalue weighted by Gasteiger charge is -2.43. The molecule has 1 heterocycles. The van der Waals surface area contributed by atoms with E-state index in [2.05, 4.69) is 99.1 Å². The smallest absolute Gasteiger partial charge is 0.0625 e. The summed E-state index contributed by atoms with van der Waals surface area (Å²) in [7, 11) is 2.33. The first-order valence-corrected chi connectivity index (χ1v) is 11.6. The fourth-order valence-electron chi connectivity index (χ4n) is 5.32. The van der Waals surface area contributed by atoms with Crippen molar-refractivity contribution in [2.75, 3.05) is 13.6 Å². The highest BCUT2D eigenvalue weighted by Gasteiger charge is 2.29. The van der Waals surface area contributed by atoms with Crippen molar-refractivity contribution >= 4 is 10.8 Å². The van der Waals surface area contributed by atoms with E-state index >= 15 is 0 Å². The summed E-state index contributed by atoms with van der Waals surface area (Å²) in [4.78, 5) is 5.32. The average Bonchev–Trinajstić information content (AvgIpc) is 2.75. The fraction of sp³-hybridized carbons (Fsp3) is 0.429. The summed E-state index contributed by atoms with van der Waals surface area (Å²) in [5.74, 6) is 0. The van der Waals surface area contributed by atoms with Crippen LogP contribution in [0.4, 0.5) is 0 Å². The molecule has 4 rings (SSSR count). The van der Waals surface area contributed by atoms with Gasteiger partial charge >= 0.3 is 0 Å². The second kappa shape index (κ2) is 8.91. The van der Waals surface area contributed by atoms with Crippen LogP contribution in [0, 0.1) is 13.8 Å². The maximum atomic E-state index is 2.70. The molecule has 2 nitrogen and oxygen atoms in total. The van der Waals surface area contributed by atoms with Gasteiger partial charge in [0.05, 0.1) is 6.17 Å². The predicted octanol–water partition coefficient (Wildman–Crippen LogP) is 6.63. The molecule has 0 amide bonds. The summed E-state index contributed by atoms with van der Waals surface area (Å²) < 4.78 is 0. The van der Waals surface area contributed by atoms with Gasteiger partial charge in [0.15, 0.2) is 0 Å². The Kier molecular flexibility index (Phi) is 6.26. The highest BCUT2D eigenvalue weighted by Crippen LogP contribution is 2.32. The Morgan fingerprint density at radius 2 is 1.57 bits per heavy atom. The zero-order valence-electron chi connectivity index (χ0n) is 19.3. The van der Waals surface area contributed by atoms with Crippen LogP contribution in [0.1, 0.15) is 60.5 Å². The Hall–Kier alpha value is -2.16. The Labute approximate surface area is 182 Å². The van der Waals surface area contributed by atoms with Crippen molar-refractivity contribution in [1.82, 2.24) is 9.80 Å². The highest BCUT2D eigenvalue weighted by molar-refractivity contribution is 5.83. The van der Waals surface area contributed by atoms with E-state index in [1.165, 1.54) is 33.0 Å². The molecule has 0 aliphatic carbocycles. The Balaban J connectivity index is 1.58. The third-order valence-corrected chi connectivity index (χ3v) is 7.15. The first-order valence-electron chi connectivity index (χ1n) is 11.6. The second-order valence-electron chi connectivity index (χ2n) is 9.01. The van der Waals surface area contributed by atoms with Crippen LogP contribution in [0.2, 0.25) is 0 Å². The van der Waals surface area contributed by atoms with Gasteiger partial charge in [0.25, 0.3) is 0 Å². The Morgan fingerprint density at radius 3 is 2.27 bits per heavy atom. The van der Waals surface area contributed by atoms with Crippen LogP contribution in [-0.4, -0.2) is 29.6 Å². The molecule has 2 unspecified atom stereocenters. The molecule has 0 saturated heterocycles. The third kappa shape index (κ3) is 4.04. The van der Waals surface area contributed by atoms with E-state index in [9.17, 15) is 0 Å². The lowest BCUT2D eigenvalue weighted by atomic mass is 9.93. The van der Waals surface area contributed by atoms with E-state index in [0.717, 1.165) is 32.4 Å². The van der Waals surface area contributed by atoms with Gasteiger partial charge in [-0.25, -0.2) is 0 Å². The van der Waals surface area contributed by atoms with Gasteiger partial charge in [0, 0.05) is 19.1 Å². The standard InChI is InChI=1S/C28H36N2/c1-6-27(25-13-12-22-10-8-9-11-23(22)18-25)29(5)28(7-2)30-15-14-24-16-20(3)21(4)17-26(24)19-30/h8-13,16-18,27-28H,6-7,14-15,19H2,1-5H3. The van der Waals surface area contributed by atoms with Crippen molar-refractivity contribution in [3.05, 3.63) is 82.4 Å². The van der Waals surface area contributed by atoms with Crippen molar-refractivity contribution in [1.29, 1.82) is 0 Å². The number of benzene rings is 3. The van der Waals surface area contributed by atoms with Gasteiger partial charge < -0.3 is 0 Å². The van der Waals surface area contributed by atoms with Crippen molar-refractivity contribution < 1.29 is 0 Å². The van der Waals surface area contributed by atoms with Crippen LogP contribution in [0.15, 0.2) is 54.6 Å². The summed E-state index contributed by atoms with van der Waals surface area (Å²) in [6.45, 7) is 11.3. The molecule has 0 N–H and O–H groups in total. The van der Waals surface area contributed by atoms with Crippen molar-refractivity contribution in [2.24, 2.45) is 0 Å². The summed E-state index contributed by atoms with van der Waals surface area (Å²) in [6, 6.07) is 21.0. The third-order valence-electron chi connectivity index (χ3n) is 7.15. The van der Waals surface area contributed by atoms with E-state index in [0.29, 0.717) is 12.2 Å². The van der Waals surface area contributed by atoms with Crippen LogP contribution in [0.25, 0.3) is 10.8 Å². The van der Waals surface area contributed by atoms with E-state index in [1.807, 2.05) is 0 Å². The lowest BCUT2D eigenvalue weighted by molar-refractivity contribution is 0.0174. The summed E-state index contributed by atoms with van der Waals surface area (Å²) in [5.41, 5.74) is 7.35. The number of hydrogen-bond donors (Lipinski definition) is 0. The van der Waals surface area contributed by atoms with Crippen LogP contribution in [0.3, 0.4) is 0 Å². The summed E-state index contributed by atoms with van der Waals surface area (Å²) in [6.07, 6.45) is 3.87. The largest absolute Gasteiger partial charge is 0.284 e. The van der Waals surface area contributed by atoms with E-state index in [4.69, 9.17) is 0 Å². The van der Waals surface area contributed by atoms with Gasteiger partial charge in [-0.2, -0.15) is 0 Å². The monoisotopic (exact) mass is 400 g/mol. The van der Waals surface area contributed by atoms with Crippen LogP contribution in [-0.2, 0) is 13.0 Å². The minimum atomic E-state index is 0.431. The number of hydrogen-bond acceptors (Lipinski definition) is 2. The normalized spacial score (nSPS) is 16.6. The molecule has 0 aromatic heterocycles. The minimum Gasteiger partial charge on any atom is -0.284 e. The first kappa shape index (κ1) is 21.1. The van der Waals surface area contributed by atoms with Crippen molar-refractivity contribution in [3.8, 4) is 0 Å². The van der Waals surface area contributed by atoms with E-state index in [1.54, 1.807) is 5.56 Å². The zero-order chi connectivity index (χ0) is 21.3. The number of rotatable bonds is 6. The maximum absolute atomic E-state index is 2.70. The van der Waals surface area contributed by atoms with Crippen LogP contribution >= 0.6 is 0 Å². The van der Waals surface area contributed by atoms with Crippen LogP contribution < -0.4 is 0 Å². The second-order valence-corrected chi connectivity index (χ2v) is 9.01. The molecule has 0 spiro atoms. The highest BCUT2D eigenvalue weighted by atomic mass is 15.4. The molecular formula is C28H36N2. The Bertz CT molecular complexity index is 1020. The molecule has 2 atom stereocenters. The topological polar surface area (TPSA) is 6.48 Å². The van der Waals surface area contributed by atoms with E-state index in [-0.39, 0.29) is 0 Å². The lowest BCUT2D eigenvalue weighted by Crippen LogP contribution is -2.49. The Morgan fingerprint density at radius 1 is 0.867 bits per heavy atom. The molecule has 0 saturated carbocycles. The van der Waals surface area contributed by atoms with Gasteiger partial charge in [0.1, 0.15) is 0 Å². The quantitative estimate of drug-likeness (QED) is 0.458.